The van der Waals surface area contributed by atoms with Gasteiger partial charge in [0.1, 0.15) is 24.7 Å². The maximum absolute atomic E-state index is 13.4. The minimum atomic E-state index is -0.239. The minimum Gasteiger partial charge on any atom is -0.372 e. The molecule has 0 heterocycles. The first-order chi connectivity index (χ1) is 14.0. The zero-order chi connectivity index (χ0) is 21.2. The molecular weight excluding hydrogens is 366 g/mol. The Balaban J connectivity index is 2.47. The third kappa shape index (κ3) is 6.11. The van der Waals surface area contributed by atoms with Gasteiger partial charge in [-0.25, -0.2) is 13.4 Å². The summed E-state index contributed by atoms with van der Waals surface area (Å²) >= 11 is 0. The fourth-order valence-corrected chi connectivity index (χ4v) is 3.37. The van der Waals surface area contributed by atoms with Crippen LogP contribution in [0.15, 0.2) is 66.8 Å². The van der Waals surface area contributed by atoms with Crippen molar-refractivity contribution in [2.24, 2.45) is 0 Å². The van der Waals surface area contributed by atoms with Gasteiger partial charge in [0.15, 0.2) is 0 Å². The number of hydrogen-bond acceptors (Lipinski definition) is 1. The lowest BCUT2D eigenvalue weighted by molar-refractivity contribution is -0.519. The molecule has 0 amide bonds. The summed E-state index contributed by atoms with van der Waals surface area (Å²) in [4.78, 5) is 2.24. The molecule has 0 spiro atoms. The molecule has 0 radical (unpaired) electrons. The van der Waals surface area contributed by atoms with Crippen LogP contribution in [0.3, 0.4) is 0 Å². The summed E-state index contributed by atoms with van der Waals surface area (Å²) < 4.78 is 29.0. The average Bonchev–Trinajstić information content (AvgIpc) is 2.74. The van der Waals surface area contributed by atoms with E-state index in [0.29, 0.717) is 0 Å². The lowest BCUT2D eigenvalue weighted by Crippen LogP contribution is -2.21. The highest BCUT2D eigenvalue weighted by Gasteiger charge is 2.12. The zero-order valence-corrected chi connectivity index (χ0v) is 17.8. The van der Waals surface area contributed by atoms with Crippen LogP contribution in [0.2, 0.25) is 0 Å². The van der Waals surface area contributed by atoms with Crippen molar-refractivity contribution in [2.75, 3.05) is 26.2 Å². The standard InChI is InChI=1S/C25H31F2N2/c1-5-28(6-2)24(20-12-16-22(26)17-13-20)10-9-11-25(29(7-3)8-4)21-14-18-23(27)19-15-21/h9-19H,5-8H2,1-4H3/q+1. The number of halogens is 2. The molecule has 0 saturated carbocycles. The van der Waals surface area contributed by atoms with Crippen LogP contribution < -0.4 is 0 Å². The Morgan fingerprint density at radius 3 is 1.72 bits per heavy atom. The molecule has 0 fully saturated rings. The van der Waals surface area contributed by atoms with Gasteiger partial charge in [-0.15, -0.1) is 0 Å². The number of allylic oxidation sites excluding steroid dienone is 3. The van der Waals surface area contributed by atoms with Gasteiger partial charge >= 0.3 is 0 Å². The second kappa shape index (κ2) is 11.3. The van der Waals surface area contributed by atoms with E-state index in [-0.39, 0.29) is 11.6 Å². The summed E-state index contributed by atoms with van der Waals surface area (Å²) in [6.07, 6.45) is 6.15. The minimum absolute atomic E-state index is 0.239. The number of hydrogen-bond donors (Lipinski definition) is 0. The summed E-state index contributed by atoms with van der Waals surface area (Å²) in [7, 11) is 0. The van der Waals surface area contributed by atoms with E-state index >= 15 is 0 Å². The Morgan fingerprint density at radius 1 is 0.793 bits per heavy atom. The first kappa shape index (κ1) is 22.5. The van der Waals surface area contributed by atoms with Gasteiger partial charge in [-0.1, -0.05) is 6.08 Å². The highest BCUT2D eigenvalue weighted by Crippen LogP contribution is 2.20. The van der Waals surface area contributed by atoms with Gasteiger partial charge in [-0.2, -0.15) is 0 Å². The van der Waals surface area contributed by atoms with Crippen molar-refractivity contribution in [3.63, 3.8) is 0 Å². The molecule has 2 nitrogen and oxygen atoms in total. The van der Waals surface area contributed by atoms with Gasteiger partial charge in [0, 0.05) is 30.4 Å². The van der Waals surface area contributed by atoms with Crippen molar-refractivity contribution in [3.05, 3.63) is 89.5 Å². The van der Waals surface area contributed by atoms with Gasteiger partial charge in [0.2, 0.25) is 5.71 Å². The molecule has 29 heavy (non-hydrogen) atoms. The third-order valence-electron chi connectivity index (χ3n) is 5.00. The van der Waals surface area contributed by atoms with Crippen LogP contribution >= 0.6 is 0 Å². The van der Waals surface area contributed by atoms with Crippen LogP contribution in [0.25, 0.3) is 5.70 Å². The first-order valence-electron chi connectivity index (χ1n) is 10.3. The molecule has 0 N–H and O–H groups in total. The normalized spacial score (nSPS) is 11.7. The Kier molecular flexibility index (Phi) is 8.78. The highest BCUT2D eigenvalue weighted by atomic mass is 19.1. The summed E-state index contributed by atoms with van der Waals surface area (Å²) in [5.74, 6) is -0.478. The molecule has 0 saturated heterocycles. The molecule has 0 aliphatic rings. The molecule has 2 aromatic carbocycles. The maximum atomic E-state index is 13.4. The van der Waals surface area contributed by atoms with E-state index < -0.39 is 0 Å². The number of nitrogens with zero attached hydrogens (tertiary/aromatic N) is 2. The molecule has 0 atom stereocenters. The summed E-state index contributed by atoms with van der Waals surface area (Å²) in [5.41, 5.74) is 4.05. The second-order valence-electron chi connectivity index (χ2n) is 6.65. The Labute approximate surface area is 173 Å². The Morgan fingerprint density at radius 2 is 1.28 bits per heavy atom. The van der Waals surface area contributed by atoms with Gasteiger partial charge in [0.05, 0.1) is 0 Å². The van der Waals surface area contributed by atoms with Crippen LogP contribution in [0.1, 0.15) is 38.8 Å². The second-order valence-corrected chi connectivity index (χ2v) is 6.65. The molecule has 0 aliphatic carbocycles. The fraction of sp³-hybridized carbons (Fsp3) is 0.320. The van der Waals surface area contributed by atoms with Crippen LogP contribution in [0.5, 0.6) is 0 Å². The molecule has 154 valence electrons. The zero-order valence-electron chi connectivity index (χ0n) is 17.8. The van der Waals surface area contributed by atoms with E-state index in [4.69, 9.17) is 0 Å². The lowest BCUT2D eigenvalue weighted by Gasteiger charge is -2.24. The van der Waals surface area contributed by atoms with Gasteiger partial charge in [-0.3, -0.25) is 0 Å². The SMILES string of the molecule is CCN(CC)/C(=C/C=C/C(c1ccc(F)cc1)=[N+](CC)CC)c1ccc(F)cc1. The predicted octanol–water partition coefficient (Wildman–Crippen LogP) is 5.75. The predicted molar refractivity (Wildman–Crippen MR) is 118 cm³/mol. The van der Waals surface area contributed by atoms with Crippen LogP contribution in [-0.4, -0.2) is 41.4 Å². The molecular formula is C25H31F2N2+. The van der Waals surface area contributed by atoms with Crippen molar-refractivity contribution in [1.29, 1.82) is 0 Å². The molecule has 0 unspecified atom stereocenters. The largest absolute Gasteiger partial charge is 0.372 e. The third-order valence-corrected chi connectivity index (χ3v) is 5.00. The van der Waals surface area contributed by atoms with Crippen molar-refractivity contribution >= 4 is 11.4 Å². The fourth-order valence-electron chi connectivity index (χ4n) is 3.37. The average molecular weight is 398 g/mol. The van der Waals surface area contributed by atoms with Crippen molar-refractivity contribution < 1.29 is 13.4 Å². The summed E-state index contributed by atoms with van der Waals surface area (Å²) in [6.45, 7) is 11.9. The molecule has 2 rings (SSSR count). The van der Waals surface area contributed by atoms with Crippen LogP contribution in [0, 0.1) is 11.6 Å². The van der Waals surface area contributed by atoms with E-state index in [1.165, 1.54) is 24.3 Å². The highest BCUT2D eigenvalue weighted by molar-refractivity contribution is 6.05. The monoisotopic (exact) mass is 397 g/mol. The molecule has 0 aliphatic heterocycles. The molecule has 0 aromatic heterocycles. The summed E-state index contributed by atoms with van der Waals surface area (Å²) in [5, 5.41) is 0. The van der Waals surface area contributed by atoms with E-state index in [2.05, 4.69) is 49.3 Å². The summed E-state index contributed by atoms with van der Waals surface area (Å²) in [6, 6.07) is 13.2. The van der Waals surface area contributed by atoms with Crippen molar-refractivity contribution in [3.8, 4) is 0 Å². The topological polar surface area (TPSA) is 6.25 Å². The smallest absolute Gasteiger partial charge is 0.207 e. The lowest BCUT2D eigenvalue weighted by atomic mass is 10.1. The van der Waals surface area contributed by atoms with E-state index in [0.717, 1.165) is 48.7 Å². The van der Waals surface area contributed by atoms with Crippen LogP contribution in [0.4, 0.5) is 8.78 Å². The Bertz CT molecular complexity index is 853. The Hall–Kier alpha value is -2.75. The number of benzene rings is 2. The number of rotatable bonds is 9. The van der Waals surface area contributed by atoms with Crippen LogP contribution in [-0.2, 0) is 0 Å². The molecule has 2 aromatic rings. The van der Waals surface area contributed by atoms with Crippen molar-refractivity contribution in [2.45, 2.75) is 27.7 Å². The van der Waals surface area contributed by atoms with E-state index in [9.17, 15) is 8.78 Å². The van der Waals surface area contributed by atoms with Gasteiger partial charge < -0.3 is 4.90 Å². The van der Waals surface area contributed by atoms with Gasteiger partial charge in [-0.05, 0) is 87.9 Å². The first-order valence-corrected chi connectivity index (χ1v) is 10.3. The molecule has 0 bridgehead atoms. The van der Waals surface area contributed by atoms with E-state index in [1.54, 1.807) is 0 Å². The maximum Gasteiger partial charge on any atom is 0.207 e. The van der Waals surface area contributed by atoms with Crippen molar-refractivity contribution in [1.82, 2.24) is 4.90 Å². The quantitative estimate of drug-likeness (QED) is 0.297. The van der Waals surface area contributed by atoms with E-state index in [1.807, 2.05) is 30.3 Å². The van der Waals surface area contributed by atoms with Gasteiger partial charge in [0.25, 0.3) is 0 Å². The molecule has 4 heteroatoms.